The maximum absolute atomic E-state index is 12.9. The van der Waals surface area contributed by atoms with E-state index in [1.807, 2.05) is 0 Å². The first-order valence-corrected chi connectivity index (χ1v) is 7.57. The standard InChI is InChI=1S/C17H19N3O4/c1-10-14(11(2)24-19-10)9-20-15(21)17(3,18-16(20)22)12-6-5-7-13(8-12)23-4/h5-8H,9H2,1-4H3,(H,18,22)/t17-/m0/s1. The van der Waals surface area contributed by atoms with Crippen LogP contribution in [0.25, 0.3) is 0 Å². The first-order chi connectivity index (χ1) is 11.4. The molecule has 3 amide bonds. The van der Waals surface area contributed by atoms with Crippen LogP contribution in [0.4, 0.5) is 4.79 Å². The summed E-state index contributed by atoms with van der Waals surface area (Å²) < 4.78 is 10.3. The second kappa shape index (κ2) is 5.67. The van der Waals surface area contributed by atoms with Gasteiger partial charge in [0.1, 0.15) is 17.0 Å². The van der Waals surface area contributed by atoms with Gasteiger partial charge in [0.15, 0.2) is 0 Å². The van der Waals surface area contributed by atoms with Crippen LogP contribution in [0, 0.1) is 13.8 Å². The van der Waals surface area contributed by atoms with Crippen molar-refractivity contribution < 1.29 is 18.8 Å². The largest absolute Gasteiger partial charge is 0.497 e. The Morgan fingerprint density at radius 1 is 1.33 bits per heavy atom. The molecule has 0 radical (unpaired) electrons. The smallest absolute Gasteiger partial charge is 0.325 e. The van der Waals surface area contributed by atoms with Crippen molar-refractivity contribution in [3.05, 3.63) is 46.8 Å². The molecule has 0 saturated carbocycles. The van der Waals surface area contributed by atoms with Crippen LogP contribution in [0.2, 0.25) is 0 Å². The number of hydrogen-bond donors (Lipinski definition) is 1. The van der Waals surface area contributed by atoms with Gasteiger partial charge in [-0.2, -0.15) is 0 Å². The van der Waals surface area contributed by atoms with Gasteiger partial charge in [-0.25, -0.2) is 4.79 Å². The van der Waals surface area contributed by atoms with Crippen LogP contribution in [0.3, 0.4) is 0 Å². The van der Waals surface area contributed by atoms with Gasteiger partial charge in [-0.15, -0.1) is 0 Å². The topological polar surface area (TPSA) is 84.7 Å². The maximum atomic E-state index is 12.9. The molecular weight excluding hydrogens is 310 g/mol. The molecule has 1 atom stereocenters. The predicted octanol–water partition coefficient (Wildman–Crippen LogP) is 2.27. The van der Waals surface area contributed by atoms with Crippen LogP contribution >= 0.6 is 0 Å². The Morgan fingerprint density at radius 2 is 2.08 bits per heavy atom. The summed E-state index contributed by atoms with van der Waals surface area (Å²) in [7, 11) is 1.56. The lowest BCUT2D eigenvalue weighted by atomic mass is 9.92. The number of imide groups is 1. The minimum Gasteiger partial charge on any atom is -0.497 e. The highest BCUT2D eigenvalue weighted by atomic mass is 16.5. The molecule has 1 N–H and O–H groups in total. The number of carbonyl (C=O) groups excluding carboxylic acids is 2. The third kappa shape index (κ3) is 2.42. The van der Waals surface area contributed by atoms with Gasteiger partial charge in [-0.05, 0) is 38.5 Å². The van der Waals surface area contributed by atoms with Crippen LogP contribution in [-0.2, 0) is 16.9 Å². The number of nitrogens with zero attached hydrogens (tertiary/aromatic N) is 2. The van der Waals surface area contributed by atoms with Crippen molar-refractivity contribution in [2.24, 2.45) is 0 Å². The minimum absolute atomic E-state index is 0.130. The molecule has 2 aromatic rings. The van der Waals surface area contributed by atoms with E-state index in [0.717, 1.165) is 5.56 Å². The number of ether oxygens (including phenoxy) is 1. The Morgan fingerprint density at radius 3 is 2.71 bits per heavy atom. The summed E-state index contributed by atoms with van der Waals surface area (Å²) in [6.07, 6.45) is 0. The van der Waals surface area contributed by atoms with Crippen LogP contribution in [0.15, 0.2) is 28.8 Å². The molecule has 0 bridgehead atoms. The molecule has 1 saturated heterocycles. The van der Waals surface area contributed by atoms with Crippen LogP contribution in [-0.4, -0.2) is 29.1 Å². The van der Waals surface area contributed by atoms with Crippen molar-refractivity contribution in [1.29, 1.82) is 0 Å². The van der Waals surface area contributed by atoms with E-state index in [4.69, 9.17) is 9.26 Å². The van der Waals surface area contributed by atoms with Gasteiger partial charge >= 0.3 is 6.03 Å². The zero-order valence-electron chi connectivity index (χ0n) is 14.0. The molecular formula is C17H19N3O4. The average Bonchev–Trinajstić information content (AvgIpc) is 3.00. The third-order valence-electron chi connectivity index (χ3n) is 4.42. The Kier molecular flexibility index (Phi) is 3.79. The molecule has 24 heavy (non-hydrogen) atoms. The molecule has 1 aliphatic rings. The summed E-state index contributed by atoms with van der Waals surface area (Å²) >= 11 is 0. The Bertz CT molecular complexity index is 794. The zero-order chi connectivity index (χ0) is 17.5. The number of nitrogens with one attached hydrogen (secondary N) is 1. The van der Waals surface area contributed by atoms with E-state index in [0.29, 0.717) is 22.8 Å². The SMILES string of the molecule is COc1cccc([C@]2(C)NC(=O)N(Cc3c(C)noc3C)C2=O)c1. The van der Waals surface area contributed by atoms with Crippen molar-refractivity contribution >= 4 is 11.9 Å². The van der Waals surface area contributed by atoms with Gasteiger partial charge in [-0.3, -0.25) is 9.69 Å². The number of benzene rings is 1. The fraction of sp³-hybridized carbons (Fsp3) is 0.353. The molecule has 7 heteroatoms. The summed E-state index contributed by atoms with van der Waals surface area (Å²) in [4.78, 5) is 26.5. The van der Waals surface area contributed by atoms with E-state index in [1.54, 1.807) is 52.1 Å². The van der Waals surface area contributed by atoms with Gasteiger partial charge in [0, 0.05) is 5.56 Å². The van der Waals surface area contributed by atoms with Crippen molar-refractivity contribution in [2.45, 2.75) is 32.9 Å². The maximum Gasteiger partial charge on any atom is 0.325 e. The summed E-state index contributed by atoms with van der Waals surface area (Å²) in [6, 6.07) is 6.67. The van der Waals surface area contributed by atoms with E-state index < -0.39 is 11.6 Å². The predicted molar refractivity (Wildman–Crippen MR) is 85.4 cm³/mol. The van der Waals surface area contributed by atoms with Gasteiger partial charge < -0.3 is 14.6 Å². The Labute approximate surface area is 139 Å². The summed E-state index contributed by atoms with van der Waals surface area (Å²) in [5.41, 5.74) is 0.947. The van der Waals surface area contributed by atoms with Crippen molar-refractivity contribution in [3.63, 3.8) is 0 Å². The van der Waals surface area contributed by atoms with E-state index in [1.165, 1.54) is 4.90 Å². The molecule has 0 aliphatic carbocycles. The number of urea groups is 1. The normalized spacial score (nSPS) is 20.4. The quantitative estimate of drug-likeness (QED) is 0.870. The highest BCUT2D eigenvalue weighted by Crippen LogP contribution is 2.32. The number of aryl methyl sites for hydroxylation is 2. The zero-order valence-corrected chi connectivity index (χ0v) is 14.0. The molecule has 2 heterocycles. The lowest BCUT2D eigenvalue weighted by molar-refractivity contribution is -0.131. The second-order valence-corrected chi connectivity index (χ2v) is 5.98. The number of amides is 3. The molecule has 0 spiro atoms. The summed E-state index contributed by atoms with van der Waals surface area (Å²) in [6.45, 7) is 5.36. The fourth-order valence-corrected chi connectivity index (χ4v) is 2.86. The number of aromatic nitrogens is 1. The van der Waals surface area contributed by atoms with Crippen LogP contribution in [0.5, 0.6) is 5.75 Å². The molecule has 126 valence electrons. The third-order valence-corrected chi connectivity index (χ3v) is 4.42. The lowest BCUT2D eigenvalue weighted by Crippen LogP contribution is -2.40. The van der Waals surface area contributed by atoms with E-state index in [2.05, 4.69) is 10.5 Å². The first kappa shape index (κ1) is 16.0. The number of hydrogen-bond acceptors (Lipinski definition) is 5. The van der Waals surface area contributed by atoms with Crippen LogP contribution < -0.4 is 10.1 Å². The molecule has 1 aromatic carbocycles. The Balaban J connectivity index is 1.93. The van der Waals surface area contributed by atoms with Gasteiger partial charge in [0.2, 0.25) is 0 Å². The van der Waals surface area contributed by atoms with Crippen molar-refractivity contribution in [1.82, 2.24) is 15.4 Å². The van der Waals surface area contributed by atoms with E-state index in [9.17, 15) is 9.59 Å². The summed E-state index contributed by atoms with van der Waals surface area (Å²) in [5, 5.41) is 6.64. The molecule has 3 rings (SSSR count). The van der Waals surface area contributed by atoms with Gasteiger partial charge in [0.25, 0.3) is 5.91 Å². The first-order valence-electron chi connectivity index (χ1n) is 7.57. The van der Waals surface area contributed by atoms with Gasteiger partial charge in [0.05, 0.1) is 19.3 Å². The van der Waals surface area contributed by atoms with Crippen LogP contribution in [0.1, 0.15) is 29.5 Å². The number of carbonyl (C=O) groups is 2. The Hall–Kier alpha value is -2.83. The summed E-state index contributed by atoms with van der Waals surface area (Å²) in [5.74, 6) is 0.906. The highest BCUT2D eigenvalue weighted by Gasteiger charge is 2.49. The molecule has 7 nitrogen and oxygen atoms in total. The minimum atomic E-state index is -1.13. The van der Waals surface area contributed by atoms with E-state index in [-0.39, 0.29) is 12.5 Å². The van der Waals surface area contributed by atoms with E-state index >= 15 is 0 Å². The second-order valence-electron chi connectivity index (χ2n) is 5.98. The molecule has 1 aromatic heterocycles. The van der Waals surface area contributed by atoms with Crippen molar-refractivity contribution in [3.8, 4) is 5.75 Å². The average molecular weight is 329 g/mol. The van der Waals surface area contributed by atoms with Crippen molar-refractivity contribution in [2.75, 3.05) is 7.11 Å². The number of methoxy groups -OCH3 is 1. The lowest BCUT2D eigenvalue weighted by Gasteiger charge is -2.22. The number of rotatable bonds is 4. The molecule has 1 fully saturated rings. The molecule has 0 unspecified atom stereocenters. The fourth-order valence-electron chi connectivity index (χ4n) is 2.86. The van der Waals surface area contributed by atoms with Gasteiger partial charge in [-0.1, -0.05) is 17.3 Å². The molecule has 1 aliphatic heterocycles. The monoisotopic (exact) mass is 329 g/mol. The highest BCUT2D eigenvalue weighted by molar-refractivity contribution is 6.07.